The van der Waals surface area contributed by atoms with Gasteiger partial charge in [0.25, 0.3) is 0 Å². The Bertz CT molecular complexity index is 1110. The van der Waals surface area contributed by atoms with Crippen LogP contribution in [0.3, 0.4) is 0 Å². The SMILES string of the molecule is O=C(C1CCC(NS(=O)(=O)c2ccc3c(c2)CCCN3)CC1)N1CCNCC1c1ccccc1. The Morgan fingerprint density at radius 2 is 1.79 bits per heavy atom. The molecule has 2 aliphatic heterocycles. The number of carbonyl (C=O) groups is 1. The van der Waals surface area contributed by atoms with Crippen LogP contribution in [0.25, 0.3) is 0 Å². The van der Waals surface area contributed by atoms with Crippen LogP contribution in [-0.2, 0) is 21.2 Å². The van der Waals surface area contributed by atoms with Gasteiger partial charge in [-0.2, -0.15) is 0 Å². The van der Waals surface area contributed by atoms with Gasteiger partial charge in [0.2, 0.25) is 15.9 Å². The number of sulfonamides is 1. The van der Waals surface area contributed by atoms with E-state index in [0.717, 1.165) is 49.3 Å². The fourth-order valence-electron chi connectivity index (χ4n) is 5.54. The number of carbonyl (C=O) groups excluding carboxylic acids is 1. The van der Waals surface area contributed by atoms with Crippen molar-refractivity contribution in [2.75, 3.05) is 31.5 Å². The van der Waals surface area contributed by atoms with E-state index < -0.39 is 10.0 Å². The maximum Gasteiger partial charge on any atom is 0.240 e. The molecule has 1 saturated carbocycles. The predicted molar refractivity (Wildman–Crippen MR) is 133 cm³/mol. The van der Waals surface area contributed by atoms with Gasteiger partial charge in [-0.1, -0.05) is 30.3 Å². The molecule has 7 nitrogen and oxygen atoms in total. The van der Waals surface area contributed by atoms with Gasteiger partial charge in [0.05, 0.1) is 10.9 Å². The topological polar surface area (TPSA) is 90.5 Å². The zero-order valence-electron chi connectivity index (χ0n) is 19.5. The van der Waals surface area contributed by atoms with Gasteiger partial charge in [0.1, 0.15) is 0 Å². The van der Waals surface area contributed by atoms with Crippen molar-refractivity contribution >= 4 is 21.6 Å². The highest BCUT2D eigenvalue weighted by molar-refractivity contribution is 7.89. The van der Waals surface area contributed by atoms with Gasteiger partial charge < -0.3 is 15.5 Å². The zero-order valence-corrected chi connectivity index (χ0v) is 20.3. The molecule has 0 radical (unpaired) electrons. The molecule has 2 aromatic rings. The van der Waals surface area contributed by atoms with Gasteiger partial charge in [-0.05, 0) is 67.9 Å². The van der Waals surface area contributed by atoms with E-state index >= 15 is 0 Å². The van der Waals surface area contributed by atoms with Crippen molar-refractivity contribution in [2.24, 2.45) is 5.92 Å². The molecule has 34 heavy (non-hydrogen) atoms. The van der Waals surface area contributed by atoms with E-state index in [-0.39, 0.29) is 23.9 Å². The summed E-state index contributed by atoms with van der Waals surface area (Å²) in [6.07, 6.45) is 4.71. The largest absolute Gasteiger partial charge is 0.385 e. The average molecular weight is 483 g/mol. The molecule has 2 heterocycles. The monoisotopic (exact) mass is 482 g/mol. The van der Waals surface area contributed by atoms with Gasteiger partial charge in [0.15, 0.2) is 0 Å². The van der Waals surface area contributed by atoms with Crippen molar-refractivity contribution in [3.05, 3.63) is 59.7 Å². The number of hydrogen-bond acceptors (Lipinski definition) is 5. The molecular weight excluding hydrogens is 448 g/mol. The van der Waals surface area contributed by atoms with Crippen molar-refractivity contribution < 1.29 is 13.2 Å². The number of nitrogens with one attached hydrogen (secondary N) is 3. The Morgan fingerprint density at radius 1 is 1.00 bits per heavy atom. The van der Waals surface area contributed by atoms with Gasteiger partial charge in [-0.25, -0.2) is 13.1 Å². The van der Waals surface area contributed by atoms with Crippen LogP contribution < -0.4 is 15.4 Å². The fraction of sp³-hybridized carbons (Fsp3) is 0.500. The lowest BCUT2D eigenvalue weighted by Gasteiger charge is -2.40. The Kier molecular flexibility index (Phi) is 6.90. The summed E-state index contributed by atoms with van der Waals surface area (Å²) in [5, 5.41) is 6.74. The van der Waals surface area contributed by atoms with Crippen molar-refractivity contribution in [1.29, 1.82) is 0 Å². The summed E-state index contributed by atoms with van der Waals surface area (Å²) in [6.45, 7) is 3.21. The van der Waals surface area contributed by atoms with E-state index in [2.05, 4.69) is 27.5 Å². The van der Waals surface area contributed by atoms with Gasteiger partial charge in [-0.3, -0.25) is 4.79 Å². The molecule has 1 saturated heterocycles. The maximum atomic E-state index is 13.4. The second-order valence-electron chi connectivity index (χ2n) is 9.68. The fourth-order valence-corrected chi connectivity index (χ4v) is 6.89. The number of amides is 1. The summed E-state index contributed by atoms with van der Waals surface area (Å²) < 4.78 is 29.0. The summed E-state index contributed by atoms with van der Waals surface area (Å²) in [7, 11) is -3.58. The minimum atomic E-state index is -3.58. The van der Waals surface area contributed by atoms with Crippen LogP contribution >= 0.6 is 0 Å². The van der Waals surface area contributed by atoms with E-state index in [1.54, 1.807) is 12.1 Å². The summed E-state index contributed by atoms with van der Waals surface area (Å²) >= 11 is 0. The van der Waals surface area contributed by atoms with Crippen LogP contribution in [0.15, 0.2) is 53.4 Å². The highest BCUT2D eigenvalue weighted by Crippen LogP contribution is 2.31. The number of aryl methyl sites for hydroxylation is 1. The average Bonchev–Trinajstić information content (AvgIpc) is 2.89. The molecule has 1 amide bonds. The molecule has 5 rings (SSSR count). The van der Waals surface area contributed by atoms with Crippen LogP contribution in [0, 0.1) is 5.92 Å². The minimum Gasteiger partial charge on any atom is -0.385 e. The van der Waals surface area contributed by atoms with Crippen LogP contribution in [0.1, 0.15) is 49.3 Å². The molecule has 1 aliphatic carbocycles. The highest BCUT2D eigenvalue weighted by Gasteiger charge is 2.35. The van der Waals surface area contributed by atoms with Crippen molar-refractivity contribution in [3.63, 3.8) is 0 Å². The maximum absolute atomic E-state index is 13.4. The molecule has 0 bridgehead atoms. The number of piperazine rings is 1. The second kappa shape index (κ2) is 10.1. The molecule has 0 spiro atoms. The molecule has 2 fully saturated rings. The molecule has 182 valence electrons. The lowest BCUT2D eigenvalue weighted by molar-refractivity contribution is -0.140. The van der Waals surface area contributed by atoms with Crippen LogP contribution in [0.5, 0.6) is 0 Å². The molecule has 3 N–H and O–H groups in total. The first kappa shape index (κ1) is 23.3. The number of benzene rings is 2. The number of nitrogens with zero attached hydrogens (tertiary/aromatic N) is 1. The van der Waals surface area contributed by atoms with Crippen LogP contribution in [0.2, 0.25) is 0 Å². The zero-order chi connectivity index (χ0) is 23.5. The Balaban J connectivity index is 1.20. The lowest BCUT2D eigenvalue weighted by Crippen LogP contribution is -2.51. The third-order valence-corrected chi connectivity index (χ3v) is 8.95. The van der Waals surface area contributed by atoms with E-state index in [1.165, 1.54) is 0 Å². The molecular formula is C26H34N4O3S. The molecule has 2 aromatic carbocycles. The number of fused-ring (bicyclic) bond motifs is 1. The third kappa shape index (κ3) is 4.99. The molecule has 3 aliphatic rings. The van der Waals surface area contributed by atoms with Crippen molar-refractivity contribution in [1.82, 2.24) is 14.9 Å². The van der Waals surface area contributed by atoms with E-state index in [1.807, 2.05) is 29.2 Å². The minimum absolute atomic E-state index is 0.0418. The molecule has 8 heteroatoms. The van der Waals surface area contributed by atoms with E-state index in [0.29, 0.717) is 37.1 Å². The quantitative estimate of drug-likeness (QED) is 0.609. The Hall–Kier alpha value is -2.42. The number of anilines is 1. The summed E-state index contributed by atoms with van der Waals surface area (Å²) in [6, 6.07) is 15.5. The Labute approximate surface area is 202 Å². The predicted octanol–water partition coefficient (Wildman–Crippen LogP) is 3.05. The first-order chi connectivity index (χ1) is 16.5. The summed E-state index contributed by atoms with van der Waals surface area (Å²) in [5.74, 6) is 0.165. The number of hydrogen-bond donors (Lipinski definition) is 3. The number of rotatable bonds is 5. The molecule has 1 atom stereocenters. The highest BCUT2D eigenvalue weighted by atomic mass is 32.2. The third-order valence-electron chi connectivity index (χ3n) is 7.43. The summed E-state index contributed by atoms with van der Waals surface area (Å²) in [5.41, 5.74) is 3.25. The lowest BCUT2D eigenvalue weighted by atomic mass is 9.85. The van der Waals surface area contributed by atoms with Crippen molar-refractivity contribution in [3.8, 4) is 0 Å². The van der Waals surface area contributed by atoms with Gasteiger partial charge in [-0.15, -0.1) is 0 Å². The van der Waals surface area contributed by atoms with Gasteiger partial charge in [0, 0.05) is 43.8 Å². The summed E-state index contributed by atoms with van der Waals surface area (Å²) in [4.78, 5) is 15.8. The van der Waals surface area contributed by atoms with E-state index in [4.69, 9.17) is 0 Å². The first-order valence-electron chi connectivity index (χ1n) is 12.5. The Morgan fingerprint density at radius 3 is 2.59 bits per heavy atom. The van der Waals surface area contributed by atoms with Gasteiger partial charge >= 0.3 is 0 Å². The van der Waals surface area contributed by atoms with Crippen molar-refractivity contribution in [2.45, 2.75) is 55.5 Å². The smallest absolute Gasteiger partial charge is 0.240 e. The standard InChI is InChI=1S/C26H34N4O3S/c31-26(30-16-15-27-18-25(30)19-5-2-1-3-6-19)20-8-10-22(11-9-20)29-34(32,33)23-12-13-24-21(17-23)7-4-14-28-24/h1-3,5-6,12-13,17,20,22,25,27-29H,4,7-11,14-16,18H2. The van der Waals surface area contributed by atoms with Crippen LogP contribution in [-0.4, -0.2) is 51.4 Å². The van der Waals surface area contributed by atoms with E-state index in [9.17, 15) is 13.2 Å². The normalized spacial score (nSPS) is 25.3. The van der Waals surface area contributed by atoms with Crippen LogP contribution in [0.4, 0.5) is 5.69 Å². The second-order valence-corrected chi connectivity index (χ2v) is 11.4. The molecule has 0 aromatic heterocycles. The first-order valence-corrected chi connectivity index (χ1v) is 13.9. The molecule has 1 unspecified atom stereocenters.